The van der Waals surface area contributed by atoms with E-state index in [4.69, 9.17) is 15.7 Å². The van der Waals surface area contributed by atoms with E-state index in [0.717, 1.165) is 25.3 Å². The van der Waals surface area contributed by atoms with Gasteiger partial charge in [0.15, 0.2) is 0 Å². The summed E-state index contributed by atoms with van der Waals surface area (Å²) >= 11 is 0. The monoisotopic (exact) mass is 245 g/mol. The van der Waals surface area contributed by atoms with Gasteiger partial charge in [-0.25, -0.2) is 0 Å². The predicted octanol–water partition coefficient (Wildman–Crippen LogP) is 2.37. The Labute approximate surface area is 108 Å². The summed E-state index contributed by atoms with van der Waals surface area (Å²) in [6.45, 7) is 1.75. The highest BCUT2D eigenvalue weighted by Crippen LogP contribution is 2.48. The molecule has 1 fully saturated rings. The molecule has 1 aromatic rings. The van der Waals surface area contributed by atoms with Crippen molar-refractivity contribution in [1.82, 2.24) is 0 Å². The van der Waals surface area contributed by atoms with E-state index in [1.165, 1.54) is 12.8 Å². The second-order valence-electron chi connectivity index (χ2n) is 5.01. The predicted molar refractivity (Wildman–Crippen MR) is 72.2 cm³/mol. The van der Waals surface area contributed by atoms with Crippen LogP contribution in [0.3, 0.4) is 0 Å². The Balaban J connectivity index is 1.93. The molecule has 0 saturated heterocycles. The molecule has 1 aliphatic carbocycles. The molecule has 2 rings (SSSR count). The number of nitrogens with one attached hydrogen (secondary N) is 1. The molecule has 0 heterocycles. The largest absolute Gasteiger partial charge is 0.398 e. The van der Waals surface area contributed by atoms with Crippen LogP contribution in [0.15, 0.2) is 18.2 Å². The Morgan fingerprint density at radius 3 is 2.89 bits per heavy atom. The molecule has 0 radical (unpaired) electrons. The number of nitrogens with zero attached hydrogens (tertiary/aromatic N) is 1. The number of hydrogen-bond donors (Lipinski definition) is 2. The minimum absolute atomic E-state index is 0.393. The van der Waals surface area contributed by atoms with Gasteiger partial charge in [-0.1, -0.05) is 0 Å². The van der Waals surface area contributed by atoms with Gasteiger partial charge >= 0.3 is 0 Å². The van der Waals surface area contributed by atoms with Crippen LogP contribution in [0.5, 0.6) is 0 Å². The molecule has 1 aromatic carbocycles. The van der Waals surface area contributed by atoms with Crippen LogP contribution in [0.2, 0.25) is 0 Å². The average Bonchev–Trinajstić information content (AvgIpc) is 3.16. The molecule has 4 heteroatoms. The van der Waals surface area contributed by atoms with Gasteiger partial charge in [0.1, 0.15) is 6.07 Å². The Bertz CT molecular complexity index is 461. The summed E-state index contributed by atoms with van der Waals surface area (Å²) in [5.41, 5.74) is 8.11. The molecule has 1 saturated carbocycles. The van der Waals surface area contributed by atoms with E-state index in [1.807, 2.05) is 12.1 Å². The summed E-state index contributed by atoms with van der Waals surface area (Å²) in [5.74, 6) is 0. The topological polar surface area (TPSA) is 71.1 Å². The molecular weight excluding hydrogens is 226 g/mol. The molecule has 96 valence electrons. The van der Waals surface area contributed by atoms with Gasteiger partial charge in [-0.2, -0.15) is 5.26 Å². The van der Waals surface area contributed by atoms with E-state index in [0.29, 0.717) is 16.7 Å². The Morgan fingerprint density at radius 2 is 2.28 bits per heavy atom. The summed E-state index contributed by atoms with van der Waals surface area (Å²) in [4.78, 5) is 0. The lowest BCUT2D eigenvalue weighted by molar-refractivity contribution is 0.175. The first kappa shape index (κ1) is 12.7. The first-order valence-corrected chi connectivity index (χ1v) is 6.22. The fourth-order valence-electron chi connectivity index (χ4n) is 2.06. The standard InChI is InChI=1S/C14H19N3O/c1-18-7-6-14(4-5-14)10-17-12-2-3-13(16)11(8-12)9-15/h2-3,8,17H,4-7,10,16H2,1H3. The van der Waals surface area contributed by atoms with Crippen LogP contribution >= 0.6 is 0 Å². The highest BCUT2D eigenvalue weighted by molar-refractivity contribution is 5.61. The lowest BCUT2D eigenvalue weighted by atomic mass is 10.0. The first-order chi connectivity index (χ1) is 8.69. The third-order valence-corrected chi connectivity index (χ3v) is 3.63. The summed E-state index contributed by atoms with van der Waals surface area (Å²) in [5, 5.41) is 12.3. The minimum atomic E-state index is 0.393. The Kier molecular flexibility index (Phi) is 3.73. The van der Waals surface area contributed by atoms with Gasteiger partial charge < -0.3 is 15.8 Å². The summed E-state index contributed by atoms with van der Waals surface area (Å²) in [7, 11) is 1.74. The van der Waals surface area contributed by atoms with Crippen molar-refractivity contribution in [3.63, 3.8) is 0 Å². The molecule has 0 aromatic heterocycles. The number of nitrogen functional groups attached to an aromatic ring is 1. The van der Waals surface area contributed by atoms with Crippen molar-refractivity contribution in [2.24, 2.45) is 5.41 Å². The van der Waals surface area contributed by atoms with Crippen LogP contribution in [0.1, 0.15) is 24.8 Å². The Morgan fingerprint density at radius 1 is 1.50 bits per heavy atom. The van der Waals surface area contributed by atoms with Crippen molar-refractivity contribution in [2.45, 2.75) is 19.3 Å². The molecule has 18 heavy (non-hydrogen) atoms. The zero-order chi connectivity index (χ0) is 13.0. The van der Waals surface area contributed by atoms with Crippen molar-refractivity contribution < 1.29 is 4.74 Å². The van der Waals surface area contributed by atoms with E-state index >= 15 is 0 Å². The van der Waals surface area contributed by atoms with Gasteiger partial charge in [0.25, 0.3) is 0 Å². The zero-order valence-electron chi connectivity index (χ0n) is 10.7. The molecule has 0 bridgehead atoms. The van der Waals surface area contributed by atoms with Crippen LogP contribution in [0, 0.1) is 16.7 Å². The maximum Gasteiger partial charge on any atom is 0.101 e. The highest BCUT2D eigenvalue weighted by Gasteiger charge is 2.41. The van der Waals surface area contributed by atoms with Gasteiger partial charge in [0.05, 0.1) is 5.56 Å². The van der Waals surface area contributed by atoms with Crippen LogP contribution < -0.4 is 11.1 Å². The van der Waals surface area contributed by atoms with Crippen molar-refractivity contribution >= 4 is 11.4 Å². The molecule has 4 nitrogen and oxygen atoms in total. The summed E-state index contributed by atoms with van der Waals surface area (Å²) in [6, 6.07) is 7.60. The van der Waals surface area contributed by atoms with Gasteiger partial charge in [-0.05, 0) is 42.9 Å². The van der Waals surface area contributed by atoms with Crippen LogP contribution in [0.25, 0.3) is 0 Å². The second kappa shape index (κ2) is 5.28. The number of benzene rings is 1. The normalized spacial score (nSPS) is 16.0. The number of nitriles is 1. The van der Waals surface area contributed by atoms with E-state index in [-0.39, 0.29) is 0 Å². The molecule has 3 N–H and O–H groups in total. The van der Waals surface area contributed by atoms with Gasteiger partial charge in [0, 0.05) is 31.6 Å². The third kappa shape index (κ3) is 2.93. The maximum absolute atomic E-state index is 8.93. The SMILES string of the molecule is COCCC1(CNc2ccc(N)c(C#N)c2)CC1. The van der Waals surface area contributed by atoms with Crippen molar-refractivity contribution in [2.75, 3.05) is 31.3 Å². The molecular formula is C14H19N3O. The number of anilines is 2. The lowest BCUT2D eigenvalue weighted by Crippen LogP contribution is -2.17. The first-order valence-electron chi connectivity index (χ1n) is 6.22. The summed E-state index contributed by atoms with van der Waals surface area (Å²) in [6.07, 6.45) is 3.60. The quantitative estimate of drug-likeness (QED) is 0.755. The van der Waals surface area contributed by atoms with E-state index in [2.05, 4.69) is 11.4 Å². The fraction of sp³-hybridized carbons (Fsp3) is 0.500. The molecule has 1 aliphatic rings. The zero-order valence-corrected chi connectivity index (χ0v) is 10.7. The van der Waals surface area contributed by atoms with E-state index < -0.39 is 0 Å². The summed E-state index contributed by atoms with van der Waals surface area (Å²) < 4.78 is 5.13. The molecule has 0 atom stereocenters. The number of rotatable bonds is 6. The minimum Gasteiger partial charge on any atom is -0.398 e. The van der Waals surface area contributed by atoms with Crippen molar-refractivity contribution in [1.29, 1.82) is 5.26 Å². The number of hydrogen-bond acceptors (Lipinski definition) is 4. The highest BCUT2D eigenvalue weighted by atomic mass is 16.5. The number of ether oxygens (including phenoxy) is 1. The average molecular weight is 245 g/mol. The molecule has 0 aliphatic heterocycles. The lowest BCUT2D eigenvalue weighted by Gasteiger charge is -2.16. The fourth-order valence-corrected chi connectivity index (χ4v) is 2.06. The van der Waals surface area contributed by atoms with Gasteiger partial charge in [-0.15, -0.1) is 0 Å². The molecule has 0 unspecified atom stereocenters. The van der Waals surface area contributed by atoms with Crippen LogP contribution in [-0.4, -0.2) is 20.3 Å². The number of nitrogens with two attached hydrogens (primary N) is 1. The van der Waals surface area contributed by atoms with Gasteiger partial charge in [-0.3, -0.25) is 0 Å². The number of methoxy groups -OCH3 is 1. The third-order valence-electron chi connectivity index (χ3n) is 3.63. The van der Waals surface area contributed by atoms with Crippen LogP contribution in [-0.2, 0) is 4.74 Å². The van der Waals surface area contributed by atoms with Crippen LogP contribution in [0.4, 0.5) is 11.4 Å². The van der Waals surface area contributed by atoms with Crippen molar-refractivity contribution in [3.05, 3.63) is 23.8 Å². The van der Waals surface area contributed by atoms with Gasteiger partial charge in [0.2, 0.25) is 0 Å². The smallest absolute Gasteiger partial charge is 0.101 e. The van der Waals surface area contributed by atoms with E-state index in [1.54, 1.807) is 13.2 Å². The van der Waals surface area contributed by atoms with Crippen molar-refractivity contribution in [3.8, 4) is 6.07 Å². The Hall–Kier alpha value is -1.73. The molecule has 0 amide bonds. The molecule has 0 spiro atoms. The second-order valence-corrected chi connectivity index (χ2v) is 5.01. The maximum atomic E-state index is 8.93. The van der Waals surface area contributed by atoms with E-state index in [9.17, 15) is 0 Å².